The van der Waals surface area contributed by atoms with Gasteiger partial charge in [-0.05, 0) is 30.5 Å². The summed E-state index contributed by atoms with van der Waals surface area (Å²) in [6.45, 7) is 1.15. The van der Waals surface area contributed by atoms with Gasteiger partial charge in [0.25, 0.3) is 0 Å². The molecule has 1 aromatic heterocycles. The predicted octanol–water partition coefficient (Wildman–Crippen LogP) is 1.39. The number of nitrogens with zero attached hydrogens (tertiary/aromatic N) is 2. The zero-order valence-corrected chi connectivity index (χ0v) is 15.1. The van der Waals surface area contributed by atoms with Crippen molar-refractivity contribution in [3.05, 3.63) is 53.5 Å². The first kappa shape index (κ1) is 19.5. The van der Waals surface area contributed by atoms with Crippen molar-refractivity contribution in [2.45, 2.75) is 25.5 Å². The third kappa shape index (κ3) is 4.35. The maximum absolute atomic E-state index is 13.2. The first-order chi connectivity index (χ1) is 13.0. The molecule has 2 heterocycles. The fourth-order valence-corrected chi connectivity index (χ4v) is 3.54. The van der Waals surface area contributed by atoms with E-state index in [1.807, 2.05) is 4.90 Å². The highest BCUT2D eigenvalue weighted by molar-refractivity contribution is 5.86. The second-order valence-electron chi connectivity index (χ2n) is 6.96. The van der Waals surface area contributed by atoms with E-state index >= 15 is 0 Å². The second-order valence-corrected chi connectivity index (χ2v) is 6.96. The average molecular weight is 378 g/mol. The highest BCUT2D eigenvalue weighted by Gasteiger charge is 2.42. The molecule has 1 saturated heterocycles. The van der Waals surface area contributed by atoms with E-state index in [0.29, 0.717) is 38.4 Å². The Labute approximate surface area is 156 Å². The molecule has 0 saturated carbocycles. The van der Waals surface area contributed by atoms with Crippen molar-refractivity contribution < 1.29 is 28.6 Å². The number of aliphatic hydroxyl groups excluding tert-OH is 2. The summed E-state index contributed by atoms with van der Waals surface area (Å²) in [4.78, 5) is 17.6. The molecular weight excluding hydrogens is 355 g/mol. The summed E-state index contributed by atoms with van der Waals surface area (Å²) < 4.78 is 23.1. The Morgan fingerprint density at radius 3 is 2.85 bits per heavy atom. The SMILES string of the molecule is COC(=O)c1coc(CN2CC[C@H](O)[C@@](CO)(Cc3ccc(F)cc3)C2)n1. The van der Waals surface area contributed by atoms with E-state index in [0.717, 1.165) is 5.56 Å². The largest absolute Gasteiger partial charge is 0.464 e. The number of carbonyl (C=O) groups excluding carboxylic acids is 1. The van der Waals surface area contributed by atoms with E-state index in [4.69, 9.17) is 4.42 Å². The normalized spacial score (nSPS) is 23.3. The molecule has 3 rings (SSSR count). The lowest BCUT2D eigenvalue weighted by Gasteiger charge is -2.45. The highest BCUT2D eigenvalue weighted by Crippen LogP contribution is 2.34. The summed E-state index contributed by atoms with van der Waals surface area (Å²) in [5, 5.41) is 20.6. The molecule has 1 aliphatic heterocycles. The molecule has 0 spiro atoms. The number of likely N-dealkylation sites (tertiary alicyclic amines) is 1. The van der Waals surface area contributed by atoms with Crippen LogP contribution in [0.5, 0.6) is 0 Å². The van der Waals surface area contributed by atoms with E-state index in [-0.39, 0.29) is 18.1 Å². The van der Waals surface area contributed by atoms with Crippen LogP contribution in [0.25, 0.3) is 0 Å². The maximum Gasteiger partial charge on any atom is 0.360 e. The molecule has 27 heavy (non-hydrogen) atoms. The number of esters is 1. The number of ether oxygens (including phenoxy) is 1. The summed E-state index contributed by atoms with van der Waals surface area (Å²) in [6.07, 6.45) is 1.46. The molecule has 1 aliphatic rings. The Morgan fingerprint density at radius 1 is 1.44 bits per heavy atom. The zero-order valence-electron chi connectivity index (χ0n) is 15.1. The highest BCUT2D eigenvalue weighted by atomic mass is 19.1. The number of methoxy groups -OCH3 is 1. The van der Waals surface area contributed by atoms with Crippen LogP contribution in [-0.2, 0) is 17.7 Å². The first-order valence-electron chi connectivity index (χ1n) is 8.74. The molecule has 2 N–H and O–H groups in total. The van der Waals surface area contributed by atoms with Gasteiger partial charge in [0.15, 0.2) is 5.69 Å². The average Bonchev–Trinajstić information content (AvgIpc) is 3.14. The zero-order chi connectivity index (χ0) is 19.4. The number of piperidine rings is 1. The van der Waals surface area contributed by atoms with E-state index in [2.05, 4.69) is 9.72 Å². The van der Waals surface area contributed by atoms with Gasteiger partial charge in [0.05, 0.1) is 26.4 Å². The molecule has 1 fully saturated rings. The number of benzene rings is 1. The summed E-state index contributed by atoms with van der Waals surface area (Å²) in [7, 11) is 1.27. The lowest BCUT2D eigenvalue weighted by molar-refractivity contribution is -0.0782. The molecule has 0 radical (unpaired) electrons. The minimum absolute atomic E-state index is 0.101. The fourth-order valence-electron chi connectivity index (χ4n) is 3.54. The van der Waals surface area contributed by atoms with Crippen LogP contribution < -0.4 is 0 Å². The molecule has 0 unspecified atom stereocenters. The Morgan fingerprint density at radius 2 is 2.19 bits per heavy atom. The molecule has 0 bridgehead atoms. The minimum atomic E-state index is -0.770. The van der Waals surface area contributed by atoms with Crippen LogP contribution in [0.15, 0.2) is 34.9 Å². The standard InChI is InChI=1S/C19H23FN2O5/c1-26-18(25)15-10-27-17(21-15)9-22-7-6-16(24)19(11-22,12-23)8-13-2-4-14(20)5-3-13/h2-5,10,16,23-24H,6-9,11-12H2,1H3/t16-,19-/m0/s1. The Kier molecular flexibility index (Phi) is 5.88. The van der Waals surface area contributed by atoms with Gasteiger partial charge in [0.1, 0.15) is 12.1 Å². The number of hydrogen-bond donors (Lipinski definition) is 2. The van der Waals surface area contributed by atoms with Crippen molar-refractivity contribution in [1.29, 1.82) is 0 Å². The maximum atomic E-state index is 13.2. The van der Waals surface area contributed by atoms with Crippen molar-refractivity contribution in [2.24, 2.45) is 5.41 Å². The van der Waals surface area contributed by atoms with Gasteiger partial charge < -0.3 is 19.4 Å². The summed E-state index contributed by atoms with van der Waals surface area (Å²) in [5.41, 5.74) is 0.174. The molecule has 2 aromatic rings. The van der Waals surface area contributed by atoms with Gasteiger partial charge in [0.2, 0.25) is 5.89 Å². The molecule has 1 aromatic carbocycles. The van der Waals surface area contributed by atoms with E-state index in [9.17, 15) is 19.4 Å². The van der Waals surface area contributed by atoms with Crippen molar-refractivity contribution in [2.75, 3.05) is 26.8 Å². The number of oxazole rings is 1. The van der Waals surface area contributed by atoms with Crippen LogP contribution >= 0.6 is 0 Å². The predicted molar refractivity (Wildman–Crippen MR) is 93.4 cm³/mol. The van der Waals surface area contributed by atoms with Gasteiger partial charge in [-0.2, -0.15) is 0 Å². The van der Waals surface area contributed by atoms with Crippen LogP contribution in [0.3, 0.4) is 0 Å². The molecular formula is C19H23FN2O5. The number of aromatic nitrogens is 1. The molecule has 146 valence electrons. The lowest BCUT2D eigenvalue weighted by Crippen LogP contribution is -2.54. The van der Waals surface area contributed by atoms with Crippen molar-refractivity contribution in [3.63, 3.8) is 0 Å². The third-order valence-corrected chi connectivity index (χ3v) is 5.05. The molecule has 8 heteroatoms. The second kappa shape index (κ2) is 8.16. The quantitative estimate of drug-likeness (QED) is 0.733. The van der Waals surface area contributed by atoms with Crippen LogP contribution in [0.4, 0.5) is 4.39 Å². The number of hydrogen-bond acceptors (Lipinski definition) is 7. The first-order valence-corrected chi connectivity index (χ1v) is 8.74. The smallest absolute Gasteiger partial charge is 0.360 e. The Balaban J connectivity index is 1.72. The molecule has 7 nitrogen and oxygen atoms in total. The number of carbonyl (C=O) groups is 1. The topological polar surface area (TPSA) is 96.0 Å². The van der Waals surface area contributed by atoms with Crippen molar-refractivity contribution in [3.8, 4) is 0 Å². The lowest BCUT2D eigenvalue weighted by atomic mass is 9.73. The van der Waals surface area contributed by atoms with Crippen molar-refractivity contribution in [1.82, 2.24) is 9.88 Å². The molecule has 2 atom stereocenters. The molecule has 0 aliphatic carbocycles. The number of aliphatic hydroxyl groups is 2. The number of halogens is 1. The van der Waals surface area contributed by atoms with E-state index in [1.165, 1.54) is 25.5 Å². The van der Waals surface area contributed by atoms with Crippen LogP contribution in [0.1, 0.15) is 28.4 Å². The van der Waals surface area contributed by atoms with Crippen molar-refractivity contribution >= 4 is 5.97 Å². The fraction of sp³-hybridized carbons (Fsp3) is 0.474. The van der Waals surface area contributed by atoms with E-state index < -0.39 is 17.5 Å². The Hall–Kier alpha value is -2.29. The monoisotopic (exact) mass is 378 g/mol. The van der Waals surface area contributed by atoms with Gasteiger partial charge in [-0.15, -0.1) is 0 Å². The van der Waals surface area contributed by atoms with Crippen LogP contribution in [-0.4, -0.2) is 59.0 Å². The van der Waals surface area contributed by atoms with Gasteiger partial charge in [-0.3, -0.25) is 4.90 Å². The van der Waals surface area contributed by atoms with Crippen LogP contribution in [0, 0.1) is 11.2 Å². The molecule has 0 amide bonds. The van der Waals surface area contributed by atoms with Gasteiger partial charge in [-0.1, -0.05) is 12.1 Å². The van der Waals surface area contributed by atoms with E-state index in [1.54, 1.807) is 12.1 Å². The van der Waals surface area contributed by atoms with Crippen LogP contribution in [0.2, 0.25) is 0 Å². The minimum Gasteiger partial charge on any atom is -0.464 e. The summed E-state index contributed by atoms with van der Waals surface area (Å²) in [6, 6.07) is 6.06. The third-order valence-electron chi connectivity index (χ3n) is 5.05. The number of rotatable bonds is 6. The summed E-state index contributed by atoms with van der Waals surface area (Å²) >= 11 is 0. The summed E-state index contributed by atoms with van der Waals surface area (Å²) in [5.74, 6) is -0.534. The van der Waals surface area contributed by atoms with Gasteiger partial charge in [0, 0.05) is 18.5 Å². The Bertz CT molecular complexity index is 779. The van der Waals surface area contributed by atoms with Gasteiger partial charge in [-0.25, -0.2) is 14.2 Å². The van der Waals surface area contributed by atoms with Gasteiger partial charge >= 0.3 is 5.97 Å².